The predicted molar refractivity (Wildman–Crippen MR) is 66.2 cm³/mol. The lowest BCUT2D eigenvalue weighted by molar-refractivity contribution is 0.00593. The number of hydrogen-bond donors (Lipinski definition) is 1. The van der Waals surface area contributed by atoms with Gasteiger partial charge >= 0.3 is 0 Å². The highest BCUT2D eigenvalue weighted by Gasteiger charge is 2.18. The van der Waals surface area contributed by atoms with Crippen LogP contribution in [0.15, 0.2) is 24.3 Å². The predicted octanol–water partition coefficient (Wildman–Crippen LogP) is 2.69. The third-order valence-electron chi connectivity index (χ3n) is 3.08. The number of aliphatic hydroxyl groups excluding tert-OH is 1. The molecule has 94 valence electrons. The van der Waals surface area contributed by atoms with Gasteiger partial charge in [0, 0.05) is 12.2 Å². The van der Waals surface area contributed by atoms with Crippen molar-refractivity contribution in [2.75, 3.05) is 13.2 Å². The molecule has 1 aliphatic rings. The van der Waals surface area contributed by atoms with Crippen molar-refractivity contribution < 1.29 is 14.6 Å². The lowest BCUT2D eigenvalue weighted by atomic mass is 10.1. The van der Waals surface area contributed by atoms with Crippen LogP contribution in [0.3, 0.4) is 0 Å². The van der Waals surface area contributed by atoms with Crippen molar-refractivity contribution in [1.82, 2.24) is 0 Å². The van der Waals surface area contributed by atoms with Crippen molar-refractivity contribution in [1.29, 1.82) is 0 Å². The van der Waals surface area contributed by atoms with Gasteiger partial charge in [0.25, 0.3) is 0 Å². The average molecular weight is 236 g/mol. The Hall–Kier alpha value is -1.06. The summed E-state index contributed by atoms with van der Waals surface area (Å²) < 4.78 is 11.3. The first-order chi connectivity index (χ1) is 8.31. The summed E-state index contributed by atoms with van der Waals surface area (Å²) in [6, 6.07) is 7.71. The van der Waals surface area contributed by atoms with E-state index in [1.54, 1.807) is 0 Å². The number of aliphatic hydroxyl groups is 1. The molecule has 0 aliphatic carbocycles. The lowest BCUT2D eigenvalue weighted by Crippen LogP contribution is -2.28. The molecule has 1 aromatic carbocycles. The molecule has 2 rings (SSSR count). The summed E-state index contributed by atoms with van der Waals surface area (Å²) in [6.45, 7) is 3.45. The maximum Gasteiger partial charge on any atom is 0.125 e. The Bertz CT molecular complexity index is 345. The van der Waals surface area contributed by atoms with E-state index >= 15 is 0 Å². The molecule has 3 heteroatoms. The van der Waals surface area contributed by atoms with E-state index < -0.39 is 6.10 Å². The summed E-state index contributed by atoms with van der Waals surface area (Å²) in [5.41, 5.74) is 0.876. The highest BCUT2D eigenvalue weighted by atomic mass is 16.5. The second kappa shape index (κ2) is 6.03. The second-order valence-electron chi connectivity index (χ2n) is 4.42. The molecule has 0 aromatic heterocycles. The summed E-state index contributed by atoms with van der Waals surface area (Å²) >= 11 is 0. The fraction of sp³-hybridized carbons (Fsp3) is 0.571. The van der Waals surface area contributed by atoms with Gasteiger partial charge in [-0.2, -0.15) is 0 Å². The van der Waals surface area contributed by atoms with Crippen LogP contribution in [0.1, 0.15) is 37.9 Å². The Labute approximate surface area is 102 Å². The minimum Gasteiger partial charge on any atom is -0.488 e. The Balaban J connectivity index is 2.08. The van der Waals surface area contributed by atoms with Crippen LogP contribution in [0, 0.1) is 0 Å². The van der Waals surface area contributed by atoms with Gasteiger partial charge in [-0.25, -0.2) is 0 Å². The van der Waals surface area contributed by atoms with Gasteiger partial charge in [-0.1, -0.05) is 25.1 Å². The second-order valence-corrected chi connectivity index (χ2v) is 4.42. The van der Waals surface area contributed by atoms with Crippen LogP contribution in [-0.4, -0.2) is 24.4 Å². The smallest absolute Gasteiger partial charge is 0.125 e. The van der Waals surface area contributed by atoms with Crippen LogP contribution in [0.4, 0.5) is 0 Å². The third kappa shape index (κ3) is 3.20. The zero-order chi connectivity index (χ0) is 12.1. The van der Waals surface area contributed by atoms with E-state index in [1.807, 2.05) is 31.2 Å². The maximum atomic E-state index is 9.93. The SMILES string of the molecule is CC[C@@H](O)c1ccccc1OC1CCCOC1. The molecule has 0 bridgehead atoms. The van der Waals surface area contributed by atoms with Crippen molar-refractivity contribution >= 4 is 0 Å². The molecule has 0 saturated carbocycles. The zero-order valence-corrected chi connectivity index (χ0v) is 10.3. The van der Waals surface area contributed by atoms with Crippen LogP contribution in [0.2, 0.25) is 0 Å². The summed E-state index contributed by atoms with van der Waals surface area (Å²) in [4.78, 5) is 0. The van der Waals surface area contributed by atoms with E-state index in [1.165, 1.54) is 0 Å². The number of hydrogen-bond acceptors (Lipinski definition) is 3. The van der Waals surface area contributed by atoms with Crippen LogP contribution >= 0.6 is 0 Å². The monoisotopic (exact) mass is 236 g/mol. The van der Waals surface area contributed by atoms with E-state index in [4.69, 9.17) is 9.47 Å². The Kier molecular flexibility index (Phi) is 4.40. The molecule has 0 amide bonds. The standard InChI is InChI=1S/C14H20O3/c1-2-13(15)12-7-3-4-8-14(12)17-11-6-5-9-16-10-11/h3-4,7-8,11,13,15H,2,5-6,9-10H2,1H3/t11?,13-/m1/s1. The number of benzene rings is 1. The van der Waals surface area contributed by atoms with Gasteiger partial charge in [0.1, 0.15) is 11.9 Å². The summed E-state index contributed by atoms with van der Waals surface area (Å²) in [7, 11) is 0. The van der Waals surface area contributed by atoms with Crippen molar-refractivity contribution in [3.05, 3.63) is 29.8 Å². The number of para-hydroxylation sites is 1. The molecule has 2 atom stereocenters. The number of rotatable bonds is 4. The molecule has 3 nitrogen and oxygen atoms in total. The highest BCUT2D eigenvalue weighted by molar-refractivity contribution is 5.35. The van der Waals surface area contributed by atoms with Crippen molar-refractivity contribution in [2.24, 2.45) is 0 Å². The first kappa shape index (κ1) is 12.4. The minimum atomic E-state index is -0.448. The fourth-order valence-corrected chi connectivity index (χ4v) is 2.07. The summed E-state index contributed by atoms with van der Waals surface area (Å²) in [6.07, 6.45) is 2.44. The third-order valence-corrected chi connectivity index (χ3v) is 3.08. The quantitative estimate of drug-likeness (QED) is 0.873. The van der Waals surface area contributed by atoms with Gasteiger partial charge < -0.3 is 14.6 Å². The van der Waals surface area contributed by atoms with E-state index in [2.05, 4.69) is 0 Å². The van der Waals surface area contributed by atoms with Gasteiger partial charge in [-0.05, 0) is 25.3 Å². The van der Waals surface area contributed by atoms with Gasteiger partial charge in [-0.3, -0.25) is 0 Å². The lowest BCUT2D eigenvalue weighted by Gasteiger charge is -2.25. The molecular formula is C14H20O3. The van der Waals surface area contributed by atoms with Crippen molar-refractivity contribution in [3.8, 4) is 5.75 Å². The summed E-state index contributed by atoms with van der Waals surface area (Å²) in [5.74, 6) is 0.789. The average Bonchev–Trinajstić information content (AvgIpc) is 2.40. The molecule has 1 heterocycles. The largest absolute Gasteiger partial charge is 0.488 e. The normalized spacial score (nSPS) is 22.1. The molecular weight excluding hydrogens is 216 g/mol. The minimum absolute atomic E-state index is 0.119. The highest BCUT2D eigenvalue weighted by Crippen LogP contribution is 2.28. The van der Waals surface area contributed by atoms with Gasteiger partial charge in [-0.15, -0.1) is 0 Å². The number of ether oxygens (including phenoxy) is 2. The van der Waals surface area contributed by atoms with E-state index in [0.717, 1.165) is 30.8 Å². The Morgan fingerprint density at radius 2 is 2.29 bits per heavy atom. The molecule has 1 aromatic rings. The Morgan fingerprint density at radius 3 is 3.00 bits per heavy atom. The molecule has 17 heavy (non-hydrogen) atoms. The van der Waals surface area contributed by atoms with Gasteiger partial charge in [0.2, 0.25) is 0 Å². The van der Waals surface area contributed by atoms with Crippen molar-refractivity contribution in [2.45, 2.75) is 38.4 Å². The van der Waals surface area contributed by atoms with Crippen LogP contribution in [-0.2, 0) is 4.74 Å². The maximum absolute atomic E-state index is 9.93. The fourth-order valence-electron chi connectivity index (χ4n) is 2.07. The molecule has 1 unspecified atom stereocenters. The van der Waals surface area contributed by atoms with Gasteiger partial charge in [0.05, 0.1) is 12.7 Å². The summed E-state index contributed by atoms with van der Waals surface area (Å²) in [5, 5.41) is 9.93. The molecule has 1 aliphatic heterocycles. The van der Waals surface area contributed by atoms with Crippen LogP contribution in [0.25, 0.3) is 0 Å². The van der Waals surface area contributed by atoms with Crippen LogP contribution < -0.4 is 4.74 Å². The Morgan fingerprint density at radius 1 is 1.47 bits per heavy atom. The molecule has 1 fully saturated rings. The zero-order valence-electron chi connectivity index (χ0n) is 10.3. The van der Waals surface area contributed by atoms with E-state index in [9.17, 15) is 5.11 Å². The van der Waals surface area contributed by atoms with Gasteiger partial charge in [0.15, 0.2) is 0 Å². The first-order valence-corrected chi connectivity index (χ1v) is 6.32. The van der Waals surface area contributed by atoms with Crippen molar-refractivity contribution in [3.63, 3.8) is 0 Å². The molecule has 0 radical (unpaired) electrons. The molecule has 1 saturated heterocycles. The molecule has 0 spiro atoms. The molecule has 1 N–H and O–H groups in total. The topological polar surface area (TPSA) is 38.7 Å². The first-order valence-electron chi connectivity index (χ1n) is 6.32. The van der Waals surface area contributed by atoms with E-state index in [-0.39, 0.29) is 6.10 Å². The van der Waals surface area contributed by atoms with E-state index in [0.29, 0.717) is 13.0 Å². The van der Waals surface area contributed by atoms with Crippen LogP contribution in [0.5, 0.6) is 5.75 Å².